The SMILES string of the molecule is CC(C)(CCC#N)CNC1(C)CC1. The van der Waals surface area contributed by atoms with Gasteiger partial charge in [-0.1, -0.05) is 13.8 Å². The van der Waals surface area contributed by atoms with Gasteiger partial charge in [0.05, 0.1) is 6.07 Å². The highest BCUT2D eigenvalue weighted by atomic mass is 15.0. The van der Waals surface area contributed by atoms with Gasteiger partial charge in [0.2, 0.25) is 0 Å². The molecule has 1 N–H and O–H groups in total. The Balaban J connectivity index is 2.21. The third kappa shape index (κ3) is 3.78. The van der Waals surface area contributed by atoms with Crippen LogP contribution in [0.4, 0.5) is 0 Å². The molecule has 0 aromatic carbocycles. The maximum Gasteiger partial charge on any atom is 0.0621 e. The van der Waals surface area contributed by atoms with Crippen molar-refractivity contribution in [3.05, 3.63) is 0 Å². The van der Waals surface area contributed by atoms with Crippen molar-refractivity contribution < 1.29 is 0 Å². The van der Waals surface area contributed by atoms with Crippen molar-refractivity contribution in [2.45, 2.75) is 52.0 Å². The summed E-state index contributed by atoms with van der Waals surface area (Å²) in [6.07, 6.45) is 4.28. The molecule has 74 valence electrons. The molecule has 0 aromatic heterocycles. The fraction of sp³-hybridized carbons (Fsp3) is 0.909. The van der Waals surface area contributed by atoms with Gasteiger partial charge in [0.1, 0.15) is 0 Å². The standard InChI is InChI=1S/C11H20N2/c1-10(2,5-4-8-12)9-13-11(3)6-7-11/h13H,4-7,9H2,1-3H3. The molecule has 0 amide bonds. The first-order valence-corrected chi connectivity index (χ1v) is 5.09. The van der Waals surface area contributed by atoms with Gasteiger partial charge in [-0.05, 0) is 31.6 Å². The quantitative estimate of drug-likeness (QED) is 0.705. The first kappa shape index (κ1) is 10.5. The molecular weight excluding hydrogens is 160 g/mol. The molecule has 0 heterocycles. The molecule has 0 radical (unpaired) electrons. The van der Waals surface area contributed by atoms with E-state index in [0.717, 1.165) is 13.0 Å². The summed E-state index contributed by atoms with van der Waals surface area (Å²) in [5.74, 6) is 0. The lowest BCUT2D eigenvalue weighted by Crippen LogP contribution is -2.36. The van der Waals surface area contributed by atoms with Gasteiger partial charge in [0, 0.05) is 18.5 Å². The van der Waals surface area contributed by atoms with Crippen LogP contribution in [0.1, 0.15) is 46.5 Å². The average Bonchev–Trinajstić information content (AvgIpc) is 2.79. The first-order valence-electron chi connectivity index (χ1n) is 5.09. The lowest BCUT2D eigenvalue weighted by molar-refractivity contribution is 0.299. The molecule has 1 saturated carbocycles. The van der Waals surface area contributed by atoms with Crippen LogP contribution in [-0.4, -0.2) is 12.1 Å². The molecule has 0 bridgehead atoms. The maximum absolute atomic E-state index is 8.50. The minimum Gasteiger partial charge on any atom is -0.311 e. The lowest BCUT2D eigenvalue weighted by atomic mass is 9.87. The van der Waals surface area contributed by atoms with E-state index in [4.69, 9.17) is 5.26 Å². The molecule has 1 aliphatic carbocycles. The van der Waals surface area contributed by atoms with Gasteiger partial charge >= 0.3 is 0 Å². The van der Waals surface area contributed by atoms with Crippen LogP contribution in [0, 0.1) is 16.7 Å². The molecule has 0 saturated heterocycles. The van der Waals surface area contributed by atoms with Gasteiger partial charge in [-0.2, -0.15) is 5.26 Å². The Bertz CT molecular complexity index is 209. The van der Waals surface area contributed by atoms with Gasteiger partial charge in [-0.3, -0.25) is 0 Å². The van der Waals surface area contributed by atoms with E-state index < -0.39 is 0 Å². The third-order valence-electron chi connectivity index (χ3n) is 2.91. The lowest BCUT2D eigenvalue weighted by Gasteiger charge is -2.26. The second kappa shape index (κ2) is 3.67. The molecular formula is C11H20N2. The molecule has 13 heavy (non-hydrogen) atoms. The van der Waals surface area contributed by atoms with E-state index in [-0.39, 0.29) is 5.41 Å². The molecule has 0 aromatic rings. The van der Waals surface area contributed by atoms with Crippen molar-refractivity contribution in [1.82, 2.24) is 5.32 Å². The maximum atomic E-state index is 8.50. The molecule has 1 rings (SSSR count). The molecule has 0 atom stereocenters. The van der Waals surface area contributed by atoms with Crippen LogP contribution in [0.15, 0.2) is 0 Å². The van der Waals surface area contributed by atoms with E-state index in [2.05, 4.69) is 32.2 Å². The van der Waals surface area contributed by atoms with Gasteiger partial charge in [0.15, 0.2) is 0 Å². The highest BCUT2D eigenvalue weighted by molar-refractivity contribution is 4.98. The second-order valence-corrected chi connectivity index (χ2v) is 5.24. The number of nitrogens with one attached hydrogen (secondary N) is 1. The normalized spacial score (nSPS) is 19.5. The number of hydrogen-bond donors (Lipinski definition) is 1. The zero-order valence-corrected chi connectivity index (χ0v) is 8.98. The van der Waals surface area contributed by atoms with E-state index in [1.165, 1.54) is 12.8 Å². The Morgan fingerprint density at radius 2 is 2.08 bits per heavy atom. The van der Waals surface area contributed by atoms with Gasteiger partial charge in [-0.25, -0.2) is 0 Å². The van der Waals surface area contributed by atoms with Crippen LogP contribution in [0.3, 0.4) is 0 Å². The summed E-state index contributed by atoms with van der Waals surface area (Å²) < 4.78 is 0. The van der Waals surface area contributed by atoms with E-state index >= 15 is 0 Å². The highest BCUT2D eigenvalue weighted by Gasteiger charge is 2.37. The third-order valence-corrected chi connectivity index (χ3v) is 2.91. The van der Waals surface area contributed by atoms with Gasteiger partial charge < -0.3 is 5.32 Å². The largest absolute Gasteiger partial charge is 0.311 e. The van der Waals surface area contributed by atoms with Crippen LogP contribution in [0.2, 0.25) is 0 Å². The van der Waals surface area contributed by atoms with Crippen LogP contribution in [0.5, 0.6) is 0 Å². The van der Waals surface area contributed by atoms with Crippen molar-refractivity contribution in [3.8, 4) is 6.07 Å². The number of hydrogen-bond acceptors (Lipinski definition) is 2. The van der Waals surface area contributed by atoms with Crippen molar-refractivity contribution >= 4 is 0 Å². The Morgan fingerprint density at radius 1 is 1.46 bits per heavy atom. The van der Waals surface area contributed by atoms with Crippen molar-refractivity contribution in [2.24, 2.45) is 5.41 Å². The van der Waals surface area contributed by atoms with E-state index in [0.29, 0.717) is 12.0 Å². The summed E-state index contributed by atoms with van der Waals surface area (Å²) in [6.45, 7) is 7.75. The van der Waals surface area contributed by atoms with Crippen molar-refractivity contribution in [3.63, 3.8) is 0 Å². The highest BCUT2D eigenvalue weighted by Crippen LogP contribution is 2.35. The molecule has 0 spiro atoms. The summed E-state index contributed by atoms with van der Waals surface area (Å²) in [7, 11) is 0. The fourth-order valence-corrected chi connectivity index (χ4v) is 1.30. The zero-order valence-electron chi connectivity index (χ0n) is 8.98. The first-order chi connectivity index (χ1) is 5.97. The number of nitrogens with zero attached hydrogens (tertiary/aromatic N) is 1. The topological polar surface area (TPSA) is 35.8 Å². The Hall–Kier alpha value is -0.550. The van der Waals surface area contributed by atoms with Crippen LogP contribution in [0.25, 0.3) is 0 Å². The Morgan fingerprint density at radius 3 is 2.54 bits per heavy atom. The van der Waals surface area contributed by atoms with Crippen LogP contribution >= 0.6 is 0 Å². The summed E-state index contributed by atoms with van der Waals surface area (Å²) in [6, 6.07) is 2.21. The van der Waals surface area contributed by atoms with E-state index in [1.54, 1.807) is 0 Å². The molecule has 2 nitrogen and oxygen atoms in total. The fourth-order valence-electron chi connectivity index (χ4n) is 1.30. The summed E-state index contributed by atoms with van der Waals surface area (Å²) in [4.78, 5) is 0. The Kier molecular flexibility index (Phi) is 2.98. The van der Waals surface area contributed by atoms with Crippen LogP contribution in [-0.2, 0) is 0 Å². The predicted molar refractivity (Wildman–Crippen MR) is 54.3 cm³/mol. The predicted octanol–water partition coefficient (Wildman–Crippen LogP) is 2.46. The molecule has 2 heteroatoms. The summed E-state index contributed by atoms with van der Waals surface area (Å²) in [5.41, 5.74) is 0.686. The molecule has 1 fully saturated rings. The minimum atomic E-state index is 0.265. The smallest absolute Gasteiger partial charge is 0.0621 e. The summed E-state index contributed by atoms with van der Waals surface area (Å²) in [5, 5.41) is 12.1. The number of rotatable bonds is 5. The van der Waals surface area contributed by atoms with Gasteiger partial charge in [0.25, 0.3) is 0 Å². The zero-order chi connectivity index (χ0) is 9.95. The van der Waals surface area contributed by atoms with Gasteiger partial charge in [-0.15, -0.1) is 0 Å². The number of nitriles is 1. The monoisotopic (exact) mass is 180 g/mol. The van der Waals surface area contributed by atoms with E-state index in [9.17, 15) is 0 Å². The minimum absolute atomic E-state index is 0.265. The van der Waals surface area contributed by atoms with Crippen molar-refractivity contribution in [2.75, 3.05) is 6.54 Å². The second-order valence-electron chi connectivity index (χ2n) is 5.24. The van der Waals surface area contributed by atoms with Crippen LogP contribution < -0.4 is 5.32 Å². The molecule has 0 unspecified atom stereocenters. The van der Waals surface area contributed by atoms with Crippen molar-refractivity contribution in [1.29, 1.82) is 5.26 Å². The Labute approximate surface area is 81.3 Å². The average molecular weight is 180 g/mol. The molecule has 1 aliphatic rings. The summed E-state index contributed by atoms with van der Waals surface area (Å²) >= 11 is 0. The molecule has 0 aliphatic heterocycles. The van der Waals surface area contributed by atoms with E-state index in [1.807, 2.05) is 0 Å².